The van der Waals surface area contributed by atoms with Crippen LogP contribution in [-0.2, 0) is 13.6 Å². The van der Waals surface area contributed by atoms with Crippen molar-refractivity contribution in [3.63, 3.8) is 0 Å². The molecular weight excluding hydrogens is 262 g/mol. The molecule has 0 spiro atoms. The van der Waals surface area contributed by atoms with Crippen LogP contribution in [-0.4, -0.2) is 58.8 Å². The molecule has 1 N–H and O–H groups in total. The maximum absolute atomic E-state index is 10.2. The number of aliphatic hydroxyl groups excluding tert-OH is 1. The summed E-state index contributed by atoms with van der Waals surface area (Å²) in [6.07, 6.45) is -0.253. The number of likely N-dealkylation sites (N-methyl/N-ethyl adjacent to an activating group) is 1. The van der Waals surface area contributed by atoms with Crippen molar-refractivity contribution < 1.29 is 5.11 Å². The van der Waals surface area contributed by atoms with Crippen LogP contribution >= 0.6 is 0 Å². The number of rotatable bonds is 3. The van der Waals surface area contributed by atoms with Crippen molar-refractivity contribution in [1.82, 2.24) is 14.4 Å². The number of hydrogen-bond donors (Lipinski definition) is 1. The molecule has 1 aliphatic heterocycles. The molecule has 1 aliphatic rings. The zero-order valence-corrected chi connectivity index (χ0v) is 13.4. The Morgan fingerprint density at radius 2 is 2.00 bits per heavy atom. The first-order valence-corrected chi connectivity index (χ1v) is 7.57. The predicted molar refractivity (Wildman–Crippen MR) is 86.4 cm³/mol. The Kier molecular flexibility index (Phi) is 3.78. The number of benzene rings is 1. The van der Waals surface area contributed by atoms with Gasteiger partial charge in [-0.15, -0.1) is 0 Å². The van der Waals surface area contributed by atoms with Crippen molar-refractivity contribution in [2.24, 2.45) is 7.05 Å². The van der Waals surface area contributed by atoms with Crippen molar-refractivity contribution >= 4 is 10.9 Å². The van der Waals surface area contributed by atoms with E-state index in [1.165, 1.54) is 22.2 Å². The van der Waals surface area contributed by atoms with Crippen LogP contribution in [0.15, 0.2) is 24.3 Å². The molecular formula is C17H25N3O. The van der Waals surface area contributed by atoms with Gasteiger partial charge in [0.1, 0.15) is 0 Å². The Morgan fingerprint density at radius 1 is 1.24 bits per heavy atom. The third-order valence-electron chi connectivity index (χ3n) is 4.68. The summed E-state index contributed by atoms with van der Waals surface area (Å²) in [6.45, 7) is 4.70. The summed E-state index contributed by atoms with van der Waals surface area (Å²) < 4.78 is 2.27. The second kappa shape index (κ2) is 5.44. The Bertz CT molecular complexity index is 647. The first-order valence-electron chi connectivity index (χ1n) is 7.57. The quantitative estimate of drug-likeness (QED) is 0.930. The summed E-state index contributed by atoms with van der Waals surface area (Å²) in [6, 6.07) is 9.10. The molecule has 0 bridgehead atoms. The number of aliphatic hydroxyl groups is 1. The van der Waals surface area contributed by atoms with E-state index in [0.717, 1.165) is 19.6 Å². The van der Waals surface area contributed by atoms with Crippen LogP contribution in [0.3, 0.4) is 0 Å². The molecule has 1 fully saturated rings. The van der Waals surface area contributed by atoms with E-state index in [4.69, 9.17) is 0 Å². The standard InChI is InChI=1S/C17H25N3O/c1-12-5-6-15-13(7-12)8-14(19(15)4)9-20-10-16(18(2)3)17(21)11-20/h5-8,16-17,21H,9-11H2,1-4H3/t16-,17-/m1/s1. The summed E-state index contributed by atoms with van der Waals surface area (Å²) in [5.74, 6) is 0. The molecule has 2 heterocycles. The van der Waals surface area contributed by atoms with Crippen molar-refractivity contribution in [2.75, 3.05) is 27.2 Å². The molecule has 4 nitrogen and oxygen atoms in total. The highest BCUT2D eigenvalue weighted by Crippen LogP contribution is 2.23. The summed E-state index contributed by atoms with van der Waals surface area (Å²) in [4.78, 5) is 4.46. The van der Waals surface area contributed by atoms with Crippen molar-refractivity contribution in [1.29, 1.82) is 0 Å². The molecule has 114 valence electrons. The lowest BCUT2D eigenvalue weighted by atomic mass is 10.2. The minimum atomic E-state index is -0.253. The van der Waals surface area contributed by atoms with E-state index >= 15 is 0 Å². The third kappa shape index (κ3) is 2.71. The summed E-state index contributed by atoms with van der Waals surface area (Å²) in [5, 5.41) is 11.5. The fourth-order valence-corrected chi connectivity index (χ4v) is 3.39. The summed E-state index contributed by atoms with van der Waals surface area (Å²) >= 11 is 0. The van der Waals surface area contributed by atoms with Gasteiger partial charge < -0.3 is 14.6 Å². The second-order valence-electron chi connectivity index (χ2n) is 6.55. The zero-order valence-electron chi connectivity index (χ0n) is 13.4. The van der Waals surface area contributed by atoms with Crippen LogP contribution in [0.25, 0.3) is 10.9 Å². The van der Waals surface area contributed by atoms with Crippen LogP contribution < -0.4 is 0 Å². The molecule has 1 aromatic heterocycles. The molecule has 0 amide bonds. The smallest absolute Gasteiger partial charge is 0.0834 e. The fourth-order valence-electron chi connectivity index (χ4n) is 3.39. The highest BCUT2D eigenvalue weighted by molar-refractivity contribution is 5.82. The fraction of sp³-hybridized carbons (Fsp3) is 0.529. The maximum atomic E-state index is 10.2. The topological polar surface area (TPSA) is 31.6 Å². The van der Waals surface area contributed by atoms with Gasteiger partial charge in [-0.1, -0.05) is 11.6 Å². The second-order valence-corrected chi connectivity index (χ2v) is 6.55. The van der Waals surface area contributed by atoms with Gasteiger partial charge in [0, 0.05) is 49.3 Å². The zero-order chi connectivity index (χ0) is 15.1. The monoisotopic (exact) mass is 287 g/mol. The van der Waals surface area contributed by atoms with Gasteiger partial charge in [-0.05, 0) is 39.2 Å². The number of aryl methyl sites for hydroxylation is 2. The summed E-state index contributed by atoms with van der Waals surface area (Å²) in [7, 11) is 6.21. The van der Waals surface area contributed by atoms with E-state index in [-0.39, 0.29) is 12.1 Å². The normalized spacial score (nSPS) is 23.5. The van der Waals surface area contributed by atoms with Crippen LogP contribution in [0.1, 0.15) is 11.3 Å². The van der Waals surface area contributed by atoms with Gasteiger partial charge in [0.05, 0.1) is 6.10 Å². The minimum absolute atomic E-state index is 0.238. The Morgan fingerprint density at radius 3 is 2.67 bits per heavy atom. The van der Waals surface area contributed by atoms with E-state index in [2.05, 4.69) is 52.6 Å². The van der Waals surface area contributed by atoms with E-state index < -0.39 is 0 Å². The molecule has 4 heteroatoms. The van der Waals surface area contributed by atoms with Gasteiger partial charge in [-0.25, -0.2) is 0 Å². The lowest BCUT2D eigenvalue weighted by molar-refractivity contribution is 0.112. The number of β-amino-alcohol motifs (C(OH)–C–C–N with tert-alkyl or cyclic N) is 1. The summed E-state index contributed by atoms with van der Waals surface area (Å²) in [5.41, 5.74) is 3.88. The van der Waals surface area contributed by atoms with Gasteiger partial charge >= 0.3 is 0 Å². The predicted octanol–water partition coefficient (Wildman–Crippen LogP) is 1.59. The number of likely N-dealkylation sites (tertiary alicyclic amines) is 1. The number of fused-ring (bicyclic) bond motifs is 1. The average Bonchev–Trinajstić information content (AvgIpc) is 2.91. The average molecular weight is 287 g/mol. The van der Waals surface area contributed by atoms with Gasteiger partial charge in [0.15, 0.2) is 0 Å². The number of aromatic nitrogens is 1. The van der Waals surface area contributed by atoms with Crippen molar-refractivity contribution in [3.8, 4) is 0 Å². The minimum Gasteiger partial charge on any atom is -0.390 e. The van der Waals surface area contributed by atoms with Crippen molar-refractivity contribution in [2.45, 2.75) is 25.6 Å². The van der Waals surface area contributed by atoms with Crippen LogP contribution in [0.4, 0.5) is 0 Å². The first kappa shape index (κ1) is 14.6. The molecule has 0 saturated carbocycles. The van der Waals surface area contributed by atoms with E-state index in [0.29, 0.717) is 0 Å². The molecule has 0 radical (unpaired) electrons. The van der Waals surface area contributed by atoms with Gasteiger partial charge in [-0.3, -0.25) is 4.90 Å². The number of nitrogens with zero attached hydrogens (tertiary/aromatic N) is 3. The van der Waals surface area contributed by atoms with E-state index in [1.54, 1.807) is 0 Å². The SMILES string of the molecule is Cc1ccc2c(c1)cc(CN1C[C@@H](O)[C@H](N(C)C)C1)n2C. The maximum Gasteiger partial charge on any atom is 0.0834 e. The molecule has 1 saturated heterocycles. The number of hydrogen-bond acceptors (Lipinski definition) is 3. The highest BCUT2D eigenvalue weighted by Gasteiger charge is 2.32. The largest absolute Gasteiger partial charge is 0.390 e. The Labute approximate surface area is 126 Å². The Hall–Kier alpha value is -1.36. The highest BCUT2D eigenvalue weighted by atomic mass is 16.3. The molecule has 2 aromatic rings. The van der Waals surface area contributed by atoms with Gasteiger partial charge in [0.2, 0.25) is 0 Å². The lowest BCUT2D eigenvalue weighted by Gasteiger charge is -2.21. The molecule has 21 heavy (non-hydrogen) atoms. The third-order valence-corrected chi connectivity index (χ3v) is 4.68. The van der Waals surface area contributed by atoms with Crippen LogP contribution in [0.5, 0.6) is 0 Å². The van der Waals surface area contributed by atoms with Crippen molar-refractivity contribution in [3.05, 3.63) is 35.5 Å². The molecule has 0 aliphatic carbocycles. The van der Waals surface area contributed by atoms with Crippen LogP contribution in [0.2, 0.25) is 0 Å². The molecule has 0 unspecified atom stereocenters. The lowest BCUT2D eigenvalue weighted by Crippen LogP contribution is -2.37. The molecule has 1 aromatic carbocycles. The van der Waals surface area contributed by atoms with Gasteiger partial charge in [0.25, 0.3) is 0 Å². The van der Waals surface area contributed by atoms with E-state index in [9.17, 15) is 5.11 Å². The first-order chi connectivity index (χ1) is 9.95. The molecule has 3 rings (SSSR count). The Balaban J connectivity index is 1.81. The van der Waals surface area contributed by atoms with Crippen LogP contribution in [0, 0.1) is 6.92 Å². The van der Waals surface area contributed by atoms with Gasteiger partial charge in [-0.2, -0.15) is 0 Å². The van der Waals surface area contributed by atoms with E-state index in [1.807, 2.05) is 14.1 Å². The molecule has 2 atom stereocenters.